The third-order valence-corrected chi connectivity index (χ3v) is 3.24. The number of hydrogen-bond acceptors (Lipinski definition) is 3. The number of nitrogens with one attached hydrogen (secondary N) is 1. The van der Waals surface area contributed by atoms with Gasteiger partial charge in [-0.25, -0.2) is 0 Å². The monoisotopic (exact) mass is 318 g/mol. The van der Waals surface area contributed by atoms with E-state index in [1.54, 1.807) is 30.3 Å². The molecule has 114 valence electrons. The zero-order valence-corrected chi connectivity index (χ0v) is 12.5. The predicted molar refractivity (Wildman–Crippen MR) is 83.8 cm³/mol. The van der Waals surface area contributed by atoms with Gasteiger partial charge >= 0.3 is 0 Å². The van der Waals surface area contributed by atoms with Crippen LogP contribution < -0.4 is 15.8 Å². The molecule has 0 aliphatic heterocycles. The predicted octanol–water partition coefficient (Wildman–Crippen LogP) is 2.13. The lowest BCUT2D eigenvalue weighted by molar-refractivity contribution is -0.117. The minimum absolute atomic E-state index is 0.205. The summed E-state index contributed by atoms with van der Waals surface area (Å²) in [7, 11) is 0. The lowest BCUT2D eigenvalue weighted by Gasteiger charge is -2.09. The van der Waals surface area contributed by atoms with E-state index in [9.17, 15) is 9.59 Å². The van der Waals surface area contributed by atoms with Crippen molar-refractivity contribution in [1.82, 2.24) is 5.32 Å². The van der Waals surface area contributed by atoms with E-state index in [4.69, 9.17) is 22.1 Å². The van der Waals surface area contributed by atoms with Gasteiger partial charge in [-0.15, -0.1) is 0 Å². The van der Waals surface area contributed by atoms with Crippen LogP contribution in [0.5, 0.6) is 5.75 Å². The van der Waals surface area contributed by atoms with E-state index >= 15 is 0 Å². The number of primary amides is 1. The van der Waals surface area contributed by atoms with Crippen molar-refractivity contribution >= 4 is 23.4 Å². The van der Waals surface area contributed by atoms with Gasteiger partial charge in [-0.3, -0.25) is 9.59 Å². The van der Waals surface area contributed by atoms with E-state index in [2.05, 4.69) is 5.32 Å². The molecular formula is C16H15ClN2O3. The van der Waals surface area contributed by atoms with Crippen molar-refractivity contribution in [3.8, 4) is 5.75 Å². The summed E-state index contributed by atoms with van der Waals surface area (Å²) in [6, 6.07) is 14.0. The average molecular weight is 319 g/mol. The summed E-state index contributed by atoms with van der Waals surface area (Å²) in [5.74, 6) is -0.451. The van der Waals surface area contributed by atoms with Crippen molar-refractivity contribution in [2.24, 2.45) is 5.73 Å². The molecule has 0 aliphatic carbocycles. The first-order valence-electron chi connectivity index (χ1n) is 6.59. The molecule has 2 aromatic carbocycles. The molecule has 0 bridgehead atoms. The number of carbonyl (C=O) groups excluding carboxylic acids is 2. The van der Waals surface area contributed by atoms with E-state index in [1.807, 2.05) is 18.2 Å². The Bertz CT molecular complexity index is 689. The molecule has 0 fully saturated rings. The highest BCUT2D eigenvalue weighted by molar-refractivity contribution is 6.31. The fourth-order valence-electron chi connectivity index (χ4n) is 1.77. The molecular weight excluding hydrogens is 304 g/mol. The summed E-state index contributed by atoms with van der Waals surface area (Å²) < 4.78 is 5.63. The third-order valence-electron chi connectivity index (χ3n) is 2.87. The molecule has 0 spiro atoms. The average Bonchev–Trinajstić information content (AvgIpc) is 2.52. The molecule has 5 nitrogen and oxygen atoms in total. The second-order valence-electron chi connectivity index (χ2n) is 4.56. The van der Waals surface area contributed by atoms with E-state index in [0.29, 0.717) is 22.9 Å². The van der Waals surface area contributed by atoms with Gasteiger partial charge in [-0.1, -0.05) is 35.9 Å². The van der Waals surface area contributed by atoms with Crippen LogP contribution in [-0.4, -0.2) is 18.4 Å². The molecule has 22 heavy (non-hydrogen) atoms. The first kappa shape index (κ1) is 15.9. The molecule has 0 aliphatic rings. The van der Waals surface area contributed by atoms with Gasteiger partial charge in [0.05, 0.1) is 6.54 Å². The Hall–Kier alpha value is -2.53. The maximum absolute atomic E-state index is 11.8. The molecule has 0 aromatic heterocycles. The molecule has 6 heteroatoms. The van der Waals surface area contributed by atoms with Crippen molar-refractivity contribution < 1.29 is 14.3 Å². The van der Waals surface area contributed by atoms with E-state index in [0.717, 1.165) is 5.56 Å². The highest BCUT2D eigenvalue weighted by Crippen LogP contribution is 2.19. The van der Waals surface area contributed by atoms with Gasteiger partial charge in [0.2, 0.25) is 5.91 Å². The van der Waals surface area contributed by atoms with Crippen LogP contribution in [0, 0.1) is 0 Å². The molecule has 0 radical (unpaired) electrons. The van der Waals surface area contributed by atoms with Crippen LogP contribution in [-0.2, 0) is 11.4 Å². The smallest absolute Gasteiger partial charge is 0.251 e. The van der Waals surface area contributed by atoms with Crippen molar-refractivity contribution in [1.29, 1.82) is 0 Å². The SMILES string of the molecule is NC(=O)CNC(=O)c1cccc(OCc2ccccc2Cl)c1. The van der Waals surface area contributed by atoms with Gasteiger partial charge < -0.3 is 15.8 Å². The van der Waals surface area contributed by atoms with E-state index in [1.165, 1.54) is 0 Å². The number of benzene rings is 2. The summed E-state index contributed by atoms with van der Waals surface area (Å²) in [4.78, 5) is 22.5. The molecule has 3 N–H and O–H groups in total. The van der Waals surface area contributed by atoms with E-state index < -0.39 is 5.91 Å². The standard InChI is InChI=1S/C16H15ClN2O3/c17-14-7-2-1-4-12(14)10-22-13-6-3-5-11(8-13)16(21)19-9-15(18)20/h1-8H,9-10H2,(H2,18,20)(H,19,21). The second-order valence-corrected chi connectivity index (χ2v) is 4.96. The Balaban J connectivity index is 2.01. The molecule has 0 saturated carbocycles. The van der Waals surface area contributed by atoms with Gasteiger partial charge in [-0.05, 0) is 24.3 Å². The van der Waals surface area contributed by atoms with Crippen molar-refractivity contribution in [2.75, 3.05) is 6.54 Å². The number of ether oxygens (including phenoxy) is 1. The minimum atomic E-state index is -0.598. The lowest BCUT2D eigenvalue weighted by Crippen LogP contribution is -2.33. The molecule has 0 atom stereocenters. The zero-order valence-electron chi connectivity index (χ0n) is 11.7. The highest BCUT2D eigenvalue weighted by Gasteiger charge is 2.08. The number of rotatable bonds is 6. The fourth-order valence-corrected chi connectivity index (χ4v) is 1.96. The molecule has 0 unspecified atom stereocenters. The van der Waals surface area contributed by atoms with Crippen LogP contribution in [0.15, 0.2) is 48.5 Å². The lowest BCUT2D eigenvalue weighted by atomic mass is 10.2. The van der Waals surface area contributed by atoms with Gasteiger partial charge in [0.15, 0.2) is 0 Å². The Morgan fingerprint density at radius 1 is 1.14 bits per heavy atom. The number of amides is 2. The summed E-state index contributed by atoms with van der Waals surface area (Å²) in [5, 5.41) is 3.04. The fraction of sp³-hybridized carbons (Fsp3) is 0.125. The molecule has 0 saturated heterocycles. The summed E-state index contributed by atoms with van der Waals surface area (Å²) in [5.41, 5.74) is 6.23. The van der Waals surface area contributed by atoms with Crippen LogP contribution in [0.25, 0.3) is 0 Å². The second kappa shape index (κ2) is 7.47. The molecule has 2 aromatic rings. The summed E-state index contributed by atoms with van der Waals surface area (Å²) >= 11 is 6.06. The Morgan fingerprint density at radius 3 is 2.64 bits per heavy atom. The van der Waals surface area contributed by atoms with Crippen molar-refractivity contribution in [3.05, 3.63) is 64.7 Å². The third kappa shape index (κ3) is 4.49. The zero-order chi connectivity index (χ0) is 15.9. The Morgan fingerprint density at radius 2 is 1.91 bits per heavy atom. The van der Waals surface area contributed by atoms with E-state index in [-0.39, 0.29) is 12.5 Å². The van der Waals surface area contributed by atoms with Gasteiger partial charge in [0.25, 0.3) is 5.91 Å². The van der Waals surface area contributed by atoms with Crippen LogP contribution in [0.3, 0.4) is 0 Å². The summed E-state index contributed by atoms with van der Waals surface area (Å²) in [6.45, 7) is 0.0928. The van der Waals surface area contributed by atoms with Crippen LogP contribution in [0.4, 0.5) is 0 Å². The number of hydrogen-bond donors (Lipinski definition) is 2. The molecule has 0 heterocycles. The first-order valence-corrected chi connectivity index (χ1v) is 6.97. The molecule has 2 rings (SSSR count). The normalized spacial score (nSPS) is 10.0. The van der Waals surface area contributed by atoms with Gasteiger partial charge in [0.1, 0.15) is 12.4 Å². The van der Waals surface area contributed by atoms with Crippen LogP contribution >= 0.6 is 11.6 Å². The maximum Gasteiger partial charge on any atom is 0.251 e. The minimum Gasteiger partial charge on any atom is -0.489 e. The van der Waals surface area contributed by atoms with Gasteiger partial charge in [0, 0.05) is 16.1 Å². The highest BCUT2D eigenvalue weighted by atomic mass is 35.5. The summed E-state index contributed by atoms with van der Waals surface area (Å²) in [6.07, 6.45) is 0. The molecule has 2 amide bonds. The number of nitrogens with two attached hydrogens (primary N) is 1. The number of carbonyl (C=O) groups is 2. The van der Waals surface area contributed by atoms with Crippen LogP contribution in [0.2, 0.25) is 5.02 Å². The van der Waals surface area contributed by atoms with Crippen molar-refractivity contribution in [2.45, 2.75) is 6.61 Å². The van der Waals surface area contributed by atoms with Crippen LogP contribution in [0.1, 0.15) is 15.9 Å². The maximum atomic E-state index is 11.8. The quantitative estimate of drug-likeness (QED) is 0.856. The Kier molecular flexibility index (Phi) is 5.38. The number of halogens is 1. The first-order chi connectivity index (χ1) is 10.6. The largest absolute Gasteiger partial charge is 0.489 e. The topological polar surface area (TPSA) is 81.4 Å². The Labute approximate surface area is 133 Å². The van der Waals surface area contributed by atoms with Gasteiger partial charge in [-0.2, -0.15) is 0 Å². The van der Waals surface area contributed by atoms with Crippen molar-refractivity contribution in [3.63, 3.8) is 0 Å².